The summed E-state index contributed by atoms with van der Waals surface area (Å²) in [6.45, 7) is 7.09. The zero-order chi connectivity index (χ0) is 18.1. The number of carbonyl (C=O) groups is 1. The van der Waals surface area contributed by atoms with Crippen LogP contribution in [0.3, 0.4) is 0 Å². The molecule has 0 aliphatic carbocycles. The minimum absolute atomic E-state index is 0.00969. The van der Waals surface area contributed by atoms with E-state index >= 15 is 0 Å². The van der Waals surface area contributed by atoms with Crippen LogP contribution in [-0.2, 0) is 14.8 Å². The number of rotatable bonds is 5. The van der Waals surface area contributed by atoms with Crippen LogP contribution in [0.1, 0.15) is 44.6 Å². The summed E-state index contributed by atoms with van der Waals surface area (Å²) in [6, 6.07) is -1.10. The van der Waals surface area contributed by atoms with Crippen molar-refractivity contribution in [3.05, 3.63) is 11.5 Å². The Morgan fingerprint density at radius 1 is 1.38 bits per heavy atom. The van der Waals surface area contributed by atoms with E-state index in [2.05, 4.69) is 9.88 Å². The zero-order valence-electron chi connectivity index (χ0n) is 14.6. The molecule has 9 heteroatoms. The second kappa shape index (κ2) is 7.20. The van der Waals surface area contributed by atoms with Gasteiger partial charge in [-0.3, -0.25) is 4.79 Å². The summed E-state index contributed by atoms with van der Waals surface area (Å²) < 4.78 is 32.4. The van der Waals surface area contributed by atoms with E-state index in [9.17, 15) is 13.2 Å². The quantitative estimate of drug-likeness (QED) is 0.799. The maximum atomic E-state index is 12.7. The van der Waals surface area contributed by atoms with Gasteiger partial charge >= 0.3 is 0 Å². The molecule has 0 aromatic carbocycles. The Kier molecular flexibility index (Phi) is 5.67. The van der Waals surface area contributed by atoms with Crippen molar-refractivity contribution in [3.63, 3.8) is 0 Å². The number of nitrogens with zero attached hydrogens (tertiary/aromatic N) is 2. The Balaban J connectivity index is 2.16. The first kappa shape index (κ1) is 18.9. The van der Waals surface area contributed by atoms with E-state index in [1.807, 2.05) is 6.92 Å². The normalized spacial score (nSPS) is 21.5. The molecule has 0 saturated carbocycles. The predicted molar refractivity (Wildman–Crippen MR) is 88.8 cm³/mol. The molecule has 136 valence electrons. The zero-order valence-corrected chi connectivity index (χ0v) is 15.4. The highest BCUT2D eigenvalue weighted by molar-refractivity contribution is 7.89. The van der Waals surface area contributed by atoms with Crippen LogP contribution in [0, 0.1) is 13.8 Å². The van der Waals surface area contributed by atoms with Crippen molar-refractivity contribution in [3.8, 4) is 0 Å². The number of sulfonamides is 1. The van der Waals surface area contributed by atoms with Crippen molar-refractivity contribution in [2.45, 2.75) is 70.0 Å². The van der Waals surface area contributed by atoms with Gasteiger partial charge in [-0.05, 0) is 47.0 Å². The summed E-state index contributed by atoms with van der Waals surface area (Å²) in [7, 11) is -3.88. The Labute approximate surface area is 142 Å². The number of carbonyl (C=O) groups excluding carboxylic acids is 1. The molecule has 1 aliphatic rings. The maximum absolute atomic E-state index is 12.7. The lowest BCUT2D eigenvalue weighted by Gasteiger charge is -2.39. The summed E-state index contributed by atoms with van der Waals surface area (Å²) in [5.41, 5.74) is 6.26. The third kappa shape index (κ3) is 3.79. The highest BCUT2D eigenvalue weighted by atomic mass is 32.2. The van der Waals surface area contributed by atoms with E-state index in [0.29, 0.717) is 6.54 Å². The van der Waals surface area contributed by atoms with Crippen LogP contribution in [0.2, 0.25) is 0 Å². The van der Waals surface area contributed by atoms with Crippen LogP contribution in [0.5, 0.6) is 0 Å². The van der Waals surface area contributed by atoms with Crippen LogP contribution in [-0.4, -0.2) is 49.1 Å². The molecule has 0 radical (unpaired) electrons. The van der Waals surface area contributed by atoms with Gasteiger partial charge in [-0.2, -0.15) is 4.72 Å². The highest BCUT2D eigenvalue weighted by Gasteiger charge is 2.34. The van der Waals surface area contributed by atoms with Crippen molar-refractivity contribution in [1.29, 1.82) is 0 Å². The van der Waals surface area contributed by atoms with Crippen LogP contribution in [0.15, 0.2) is 9.42 Å². The largest absolute Gasteiger partial charge is 0.360 e. The van der Waals surface area contributed by atoms with Gasteiger partial charge in [-0.1, -0.05) is 5.16 Å². The van der Waals surface area contributed by atoms with Crippen LogP contribution in [0.25, 0.3) is 0 Å². The second-order valence-corrected chi connectivity index (χ2v) is 8.10. The number of amides is 1. The maximum Gasteiger partial charge on any atom is 0.246 e. The molecule has 2 rings (SSSR count). The van der Waals surface area contributed by atoms with E-state index < -0.39 is 16.1 Å². The average molecular weight is 358 g/mol. The van der Waals surface area contributed by atoms with E-state index in [-0.39, 0.29) is 34.3 Å². The van der Waals surface area contributed by atoms with Gasteiger partial charge in [0.25, 0.3) is 0 Å². The first-order chi connectivity index (χ1) is 11.1. The standard InChI is InChI=1S/C15H26N4O4S/c1-9(16)13-7-5-6-8-19(13)15(20)11(3)18-24(21,22)14-10(2)17-23-12(14)4/h9,11,13,18H,5-8,16H2,1-4H3. The monoisotopic (exact) mass is 358 g/mol. The molecule has 1 aromatic rings. The summed E-state index contributed by atoms with van der Waals surface area (Å²) in [6.07, 6.45) is 2.76. The number of hydrogen-bond acceptors (Lipinski definition) is 6. The van der Waals surface area contributed by atoms with Gasteiger partial charge in [0.2, 0.25) is 15.9 Å². The Morgan fingerprint density at radius 2 is 2.04 bits per heavy atom. The van der Waals surface area contributed by atoms with E-state index in [4.69, 9.17) is 10.3 Å². The third-order valence-corrected chi connectivity index (χ3v) is 6.16. The van der Waals surface area contributed by atoms with Crippen molar-refractivity contribution in [1.82, 2.24) is 14.8 Å². The Hall–Kier alpha value is -1.45. The minimum atomic E-state index is -3.88. The summed E-state index contributed by atoms with van der Waals surface area (Å²) in [4.78, 5) is 14.4. The van der Waals surface area contributed by atoms with Crippen LogP contribution < -0.4 is 10.5 Å². The van der Waals surface area contributed by atoms with Gasteiger partial charge < -0.3 is 15.2 Å². The van der Waals surface area contributed by atoms with Gasteiger partial charge in [0.1, 0.15) is 10.6 Å². The predicted octanol–water partition coefficient (Wildman–Crippen LogP) is 0.687. The lowest BCUT2D eigenvalue weighted by molar-refractivity contribution is -0.136. The molecule has 0 spiro atoms. The van der Waals surface area contributed by atoms with Crippen molar-refractivity contribution in [2.24, 2.45) is 5.73 Å². The van der Waals surface area contributed by atoms with Crippen molar-refractivity contribution >= 4 is 15.9 Å². The molecule has 0 bridgehead atoms. The molecule has 2 heterocycles. The number of likely N-dealkylation sites (tertiary alicyclic amines) is 1. The van der Waals surface area contributed by atoms with Gasteiger partial charge in [0.15, 0.2) is 5.76 Å². The fourth-order valence-corrected chi connectivity index (χ4v) is 4.75. The molecule has 3 atom stereocenters. The number of piperidine rings is 1. The van der Waals surface area contributed by atoms with E-state index in [1.165, 1.54) is 6.92 Å². The van der Waals surface area contributed by atoms with Gasteiger partial charge in [-0.15, -0.1) is 0 Å². The summed E-state index contributed by atoms with van der Waals surface area (Å²) in [5, 5.41) is 3.65. The van der Waals surface area contributed by atoms with Crippen LogP contribution in [0.4, 0.5) is 0 Å². The smallest absolute Gasteiger partial charge is 0.246 e. The average Bonchev–Trinajstić information content (AvgIpc) is 2.85. The fourth-order valence-electron chi connectivity index (χ4n) is 3.23. The lowest BCUT2D eigenvalue weighted by atomic mass is 9.96. The SMILES string of the molecule is Cc1noc(C)c1S(=O)(=O)NC(C)C(=O)N1CCCCC1C(C)N. The molecular formula is C15H26N4O4S. The minimum Gasteiger partial charge on any atom is -0.360 e. The topological polar surface area (TPSA) is 119 Å². The van der Waals surface area contributed by atoms with Gasteiger partial charge in [0, 0.05) is 18.6 Å². The molecular weight excluding hydrogens is 332 g/mol. The molecule has 1 saturated heterocycles. The summed E-state index contributed by atoms with van der Waals surface area (Å²) in [5.74, 6) is -0.0570. The Morgan fingerprint density at radius 3 is 2.58 bits per heavy atom. The molecule has 1 amide bonds. The second-order valence-electron chi connectivity index (χ2n) is 6.45. The molecule has 1 aliphatic heterocycles. The fraction of sp³-hybridized carbons (Fsp3) is 0.733. The number of aryl methyl sites for hydroxylation is 2. The molecule has 3 unspecified atom stereocenters. The van der Waals surface area contributed by atoms with Crippen molar-refractivity contribution < 1.29 is 17.7 Å². The molecule has 8 nitrogen and oxygen atoms in total. The molecule has 3 N–H and O–H groups in total. The first-order valence-electron chi connectivity index (χ1n) is 8.16. The molecule has 1 fully saturated rings. The van der Waals surface area contributed by atoms with E-state index in [0.717, 1.165) is 19.3 Å². The lowest BCUT2D eigenvalue weighted by Crippen LogP contribution is -2.56. The summed E-state index contributed by atoms with van der Waals surface area (Å²) >= 11 is 0. The van der Waals surface area contributed by atoms with Gasteiger partial charge in [-0.25, -0.2) is 8.42 Å². The Bertz CT molecular complexity index is 679. The van der Waals surface area contributed by atoms with Crippen molar-refractivity contribution in [2.75, 3.05) is 6.54 Å². The first-order valence-corrected chi connectivity index (χ1v) is 9.64. The number of nitrogens with two attached hydrogens (primary N) is 1. The van der Waals surface area contributed by atoms with E-state index in [1.54, 1.807) is 18.7 Å². The highest BCUT2D eigenvalue weighted by Crippen LogP contribution is 2.22. The molecule has 24 heavy (non-hydrogen) atoms. The van der Waals surface area contributed by atoms with Gasteiger partial charge in [0.05, 0.1) is 6.04 Å². The number of nitrogens with one attached hydrogen (secondary N) is 1. The van der Waals surface area contributed by atoms with Crippen LogP contribution >= 0.6 is 0 Å². The number of aromatic nitrogens is 1. The molecule has 1 aromatic heterocycles. The third-order valence-electron chi connectivity index (χ3n) is 4.38. The number of hydrogen-bond donors (Lipinski definition) is 2.